The highest BCUT2D eigenvalue weighted by Crippen LogP contribution is 2.22. The molecule has 5 nitrogen and oxygen atoms in total. The first-order chi connectivity index (χ1) is 10.5. The van der Waals surface area contributed by atoms with Gasteiger partial charge in [0.1, 0.15) is 5.15 Å². The Hall–Kier alpha value is -2.11. The van der Waals surface area contributed by atoms with Crippen molar-refractivity contribution in [3.8, 4) is 0 Å². The number of benzene rings is 1. The van der Waals surface area contributed by atoms with Crippen molar-refractivity contribution in [1.82, 2.24) is 4.98 Å². The Labute approximate surface area is 137 Å². The first kappa shape index (κ1) is 16.3. The number of pyridine rings is 1. The number of aromatic nitrogens is 1. The van der Waals surface area contributed by atoms with E-state index in [1.54, 1.807) is 12.1 Å². The molecule has 0 aliphatic rings. The Bertz CT molecular complexity index is 720. The molecule has 1 aromatic carbocycles. The lowest BCUT2D eigenvalue weighted by atomic mass is 10.2. The summed E-state index contributed by atoms with van der Waals surface area (Å²) in [4.78, 5) is 27.3. The van der Waals surface area contributed by atoms with E-state index in [9.17, 15) is 9.59 Å². The summed E-state index contributed by atoms with van der Waals surface area (Å²) in [5, 5.41) is 3.16. The lowest BCUT2D eigenvalue weighted by Gasteiger charge is -2.08. The maximum Gasteiger partial charge on any atom is 0.338 e. The minimum absolute atomic E-state index is 0.172. The van der Waals surface area contributed by atoms with Gasteiger partial charge >= 0.3 is 5.97 Å². The van der Waals surface area contributed by atoms with Gasteiger partial charge < -0.3 is 10.1 Å². The van der Waals surface area contributed by atoms with Crippen LogP contribution in [0.3, 0.4) is 0 Å². The number of amides is 1. The van der Waals surface area contributed by atoms with Gasteiger partial charge in [0.15, 0.2) is 6.61 Å². The lowest BCUT2D eigenvalue weighted by molar-refractivity contribution is -0.119. The van der Waals surface area contributed by atoms with E-state index in [2.05, 4.69) is 10.3 Å². The van der Waals surface area contributed by atoms with Crippen molar-refractivity contribution in [2.75, 3.05) is 11.9 Å². The monoisotopic (exact) mass is 338 g/mol. The van der Waals surface area contributed by atoms with E-state index in [1.807, 2.05) is 13.0 Å². The van der Waals surface area contributed by atoms with Crippen LogP contribution in [-0.4, -0.2) is 23.5 Å². The third kappa shape index (κ3) is 4.44. The van der Waals surface area contributed by atoms with Crippen molar-refractivity contribution >= 4 is 40.8 Å². The molecule has 1 heterocycles. The van der Waals surface area contributed by atoms with Crippen molar-refractivity contribution in [2.24, 2.45) is 0 Å². The number of hydrogen-bond acceptors (Lipinski definition) is 4. The van der Waals surface area contributed by atoms with Gasteiger partial charge in [-0.15, -0.1) is 0 Å². The molecule has 0 aliphatic heterocycles. The predicted octanol–water partition coefficient (Wildman–Crippen LogP) is 3.49. The number of rotatable bonds is 4. The van der Waals surface area contributed by atoms with Crippen molar-refractivity contribution in [2.45, 2.75) is 6.92 Å². The maximum absolute atomic E-state index is 11.8. The Kier molecular flexibility index (Phi) is 5.35. The van der Waals surface area contributed by atoms with Crippen LogP contribution < -0.4 is 5.32 Å². The third-order valence-corrected chi connectivity index (χ3v) is 3.21. The first-order valence-electron chi connectivity index (χ1n) is 6.30. The summed E-state index contributed by atoms with van der Waals surface area (Å²) in [5.41, 5.74) is 1.66. The van der Waals surface area contributed by atoms with Crippen LogP contribution in [0.25, 0.3) is 0 Å². The molecule has 22 heavy (non-hydrogen) atoms. The summed E-state index contributed by atoms with van der Waals surface area (Å²) < 4.78 is 4.90. The number of hydrogen-bond donors (Lipinski definition) is 1. The average Bonchev–Trinajstić information content (AvgIpc) is 2.47. The number of carbonyl (C=O) groups is 2. The van der Waals surface area contributed by atoms with Gasteiger partial charge in [0.25, 0.3) is 5.91 Å². The zero-order chi connectivity index (χ0) is 16.1. The van der Waals surface area contributed by atoms with Gasteiger partial charge in [-0.05, 0) is 36.8 Å². The summed E-state index contributed by atoms with van der Waals surface area (Å²) >= 11 is 11.7. The molecule has 2 aromatic rings. The number of carbonyl (C=O) groups excluding carboxylic acids is 2. The minimum Gasteiger partial charge on any atom is -0.452 e. The molecule has 2 rings (SSSR count). The predicted molar refractivity (Wildman–Crippen MR) is 84.3 cm³/mol. The van der Waals surface area contributed by atoms with E-state index < -0.39 is 18.5 Å². The number of esters is 1. The van der Waals surface area contributed by atoms with Gasteiger partial charge in [-0.2, -0.15) is 0 Å². The lowest BCUT2D eigenvalue weighted by Crippen LogP contribution is -2.21. The molecule has 0 saturated heterocycles. The molecule has 0 spiro atoms. The molecule has 0 unspecified atom stereocenters. The highest BCUT2D eigenvalue weighted by atomic mass is 35.5. The quantitative estimate of drug-likeness (QED) is 0.684. The van der Waals surface area contributed by atoms with Crippen LogP contribution in [0.1, 0.15) is 15.9 Å². The van der Waals surface area contributed by atoms with E-state index in [-0.39, 0.29) is 10.7 Å². The van der Waals surface area contributed by atoms with Crippen molar-refractivity contribution in [3.63, 3.8) is 0 Å². The molecule has 0 saturated carbocycles. The van der Waals surface area contributed by atoms with Crippen molar-refractivity contribution in [3.05, 3.63) is 57.8 Å². The summed E-state index contributed by atoms with van der Waals surface area (Å²) in [6.07, 6.45) is 1.38. The highest BCUT2D eigenvalue weighted by Gasteiger charge is 2.12. The molecule has 1 N–H and O–H groups in total. The Morgan fingerprint density at radius 1 is 1.23 bits per heavy atom. The number of aryl methyl sites for hydroxylation is 1. The normalized spacial score (nSPS) is 10.1. The molecular formula is C15H12Cl2N2O3. The second kappa shape index (κ2) is 7.24. The Morgan fingerprint density at radius 2 is 2.00 bits per heavy atom. The molecule has 7 heteroatoms. The van der Waals surface area contributed by atoms with Crippen LogP contribution in [0.15, 0.2) is 36.5 Å². The largest absolute Gasteiger partial charge is 0.452 e. The van der Waals surface area contributed by atoms with Crippen LogP contribution in [0.2, 0.25) is 10.2 Å². The second-order valence-corrected chi connectivity index (χ2v) is 5.27. The smallest absolute Gasteiger partial charge is 0.338 e. The molecule has 1 amide bonds. The fraction of sp³-hybridized carbons (Fsp3) is 0.133. The molecule has 0 radical (unpaired) electrons. The van der Waals surface area contributed by atoms with Crippen LogP contribution in [0, 0.1) is 6.92 Å². The number of nitrogens with one attached hydrogen (secondary N) is 1. The van der Waals surface area contributed by atoms with Crippen LogP contribution >= 0.6 is 23.2 Å². The van der Waals surface area contributed by atoms with Crippen LogP contribution in [0.4, 0.5) is 5.69 Å². The molecule has 0 aliphatic carbocycles. The third-order valence-electron chi connectivity index (χ3n) is 2.70. The molecule has 0 bridgehead atoms. The number of nitrogens with zero attached hydrogens (tertiary/aromatic N) is 1. The number of anilines is 1. The van der Waals surface area contributed by atoms with Gasteiger partial charge in [0.05, 0.1) is 16.3 Å². The number of ether oxygens (including phenoxy) is 1. The van der Waals surface area contributed by atoms with Crippen molar-refractivity contribution < 1.29 is 14.3 Å². The van der Waals surface area contributed by atoms with E-state index in [0.29, 0.717) is 10.7 Å². The van der Waals surface area contributed by atoms with Crippen LogP contribution in [-0.2, 0) is 9.53 Å². The molecule has 114 valence electrons. The minimum atomic E-state index is -0.658. The maximum atomic E-state index is 11.8. The van der Waals surface area contributed by atoms with Gasteiger partial charge in [-0.25, -0.2) is 9.78 Å². The summed E-state index contributed by atoms with van der Waals surface area (Å²) in [6, 6.07) is 8.02. The van der Waals surface area contributed by atoms with E-state index in [0.717, 1.165) is 5.56 Å². The summed E-state index contributed by atoms with van der Waals surface area (Å²) in [7, 11) is 0. The topological polar surface area (TPSA) is 68.3 Å². The number of halogens is 2. The first-order valence-corrected chi connectivity index (χ1v) is 7.06. The van der Waals surface area contributed by atoms with Crippen LogP contribution in [0.5, 0.6) is 0 Å². The fourth-order valence-electron chi connectivity index (χ4n) is 1.65. The molecule has 0 atom stereocenters. The molecule has 0 fully saturated rings. The van der Waals surface area contributed by atoms with E-state index in [1.165, 1.54) is 18.3 Å². The van der Waals surface area contributed by atoms with Gasteiger partial charge in [0, 0.05) is 6.20 Å². The SMILES string of the molecule is Cc1ccc(NC(=O)COC(=O)c2ccnc(Cl)c2)c(Cl)c1. The van der Waals surface area contributed by atoms with E-state index >= 15 is 0 Å². The van der Waals surface area contributed by atoms with Gasteiger partial charge in [-0.3, -0.25) is 4.79 Å². The Balaban J connectivity index is 1.91. The molecular weight excluding hydrogens is 327 g/mol. The van der Waals surface area contributed by atoms with Gasteiger partial charge in [0.2, 0.25) is 0 Å². The Morgan fingerprint density at radius 3 is 2.68 bits per heavy atom. The molecule has 1 aromatic heterocycles. The highest BCUT2D eigenvalue weighted by molar-refractivity contribution is 6.33. The summed E-state index contributed by atoms with van der Waals surface area (Å²) in [5.74, 6) is -1.14. The van der Waals surface area contributed by atoms with E-state index in [4.69, 9.17) is 27.9 Å². The standard InChI is InChI=1S/C15H12Cl2N2O3/c1-9-2-3-12(11(16)6-9)19-14(20)8-22-15(21)10-4-5-18-13(17)7-10/h2-7H,8H2,1H3,(H,19,20). The van der Waals surface area contributed by atoms with Crippen molar-refractivity contribution in [1.29, 1.82) is 0 Å². The summed E-state index contributed by atoms with van der Waals surface area (Å²) in [6.45, 7) is 1.46. The van der Waals surface area contributed by atoms with Gasteiger partial charge in [-0.1, -0.05) is 29.3 Å². The average molecular weight is 339 g/mol. The zero-order valence-electron chi connectivity index (χ0n) is 11.6. The zero-order valence-corrected chi connectivity index (χ0v) is 13.1. The second-order valence-electron chi connectivity index (χ2n) is 4.47. The fourth-order valence-corrected chi connectivity index (χ4v) is 2.11.